The predicted octanol–water partition coefficient (Wildman–Crippen LogP) is 0.836. The predicted molar refractivity (Wildman–Crippen MR) is 49.2 cm³/mol. The van der Waals surface area contributed by atoms with Gasteiger partial charge in [0.1, 0.15) is 6.61 Å². The molecule has 2 atom stereocenters. The minimum atomic E-state index is 0.00810. The Morgan fingerprint density at radius 3 is 2.42 bits per heavy atom. The number of Topliss-reactive ketones (excluding diaryl/α,β-unsaturated/α-hetero) is 1. The Balaban J connectivity index is 0.000000561. The van der Waals surface area contributed by atoms with Crippen LogP contribution in [0.15, 0.2) is 0 Å². The summed E-state index contributed by atoms with van der Waals surface area (Å²) < 4.78 is 5.04. The average Bonchev–Trinajstić information content (AvgIpc) is 2.08. The van der Waals surface area contributed by atoms with E-state index < -0.39 is 0 Å². The van der Waals surface area contributed by atoms with E-state index in [0.29, 0.717) is 12.5 Å². The topological polar surface area (TPSA) is 38.3 Å². The van der Waals surface area contributed by atoms with E-state index in [2.05, 4.69) is 5.32 Å². The minimum absolute atomic E-state index is 0.00810. The third-order valence-corrected chi connectivity index (χ3v) is 1.85. The van der Waals surface area contributed by atoms with Gasteiger partial charge in [-0.2, -0.15) is 0 Å². The van der Waals surface area contributed by atoms with Crippen molar-refractivity contribution in [2.24, 2.45) is 5.92 Å². The van der Waals surface area contributed by atoms with E-state index in [-0.39, 0.29) is 18.4 Å². The van der Waals surface area contributed by atoms with Gasteiger partial charge in [0.2, 0.25) is 0 Å². The number of rotatable bonds is 1. The molecule has 0 aliphatic carbocycles. The van der Waals surface area contributed by atoms with Crippen molar-refractivity contribution in [2.45, 2.75) is 26.8 Å². The van der Waals surface area contributed by atoms with Crippen molar-refractivity contribution >= 4 is 5.78 Å². The number of hydrogen-bond acceptors (Lipinski definition) is 3. The van der Waals surface area contributed by atoms with Crippen molar-refractivity contribution < 1.29 is 9.53 Å². The highest BCUT2D eigenvalue weighted by Gasteiger charge is 2.27. The molecule has 2 unspecified atom stereocenters. The highest BCUT2D eigenvalue weighted by molar-refractivity contribution is 5.86. The van der Waals surface area contributed by atoms with Crippen LogP contribution in [0.4, 0.5) is 0 Å². The van der Waals surface area contributed by atoms with E-state index >= 15 is 0 Å². The first-order valence-electron chi connectivity index (χ1n) is 4.53. The molecule has 0 spiro atoms. The average molecular weight is 173 g/mol. The highest BCUT2D eigenvalue weighted by Crippen LogP contribution is 2.09. The maximum absolute atomic E-state index is 11.0. The smallest absolute Gasteiger partial charge is 0.175 e. The Morgan fingerprint density at radius 1 is 1.50 bits per heavy atom. The molecule has 3 heteroatoms. The monoisotopic (exact) mass is 173 g/mol. The van der Waals surface area contributed by atoms with E-state index in [1.807, 2.05) is 27.8 Å². The van der Waals surface area contributed by atoms with Gasteiger partial charge in [-0.05, 0) is 7.05 Å². The molecule has 3 nitrogen and oxygen atoms in total. The van der Waals surface area contributed by atoms with Crippen LogP contribution in [0.2, 0.25) is 0 Å². The van der Waals surface area contributed by atoms with E-state index in [4.69, 9.17) is 4.74 Å². The van der Waals surface area contributed by atoms with Crippen molar-refractivity contribution in [1.29, 1.82) is 0 Å². The van der Waals surface area contributed by atoms with Crippen LogP contribution >= 0.6 is 0 Å². The van der Waals surface area contributed by atoms with Gasteiger partial charge in [0.05, 0.1) is 12.6 Å². The molecule has 0 saturated carbocycles. The zero-order chi connectivity index (χ0) is 9.56. The fourth-order valence-corrected chi connectivity index (χ4v) is 1.29. The van der Waals surface area contributed by atoms with Crippen molar-refractivity contribution in [1.82, 2.24) is 5.32 Å². The first-order chi connectivity index (χ1) is 5.75. The summed E-state index contributed by atoms with van der Waals surface area (Å²) in [4.78, 5) is 11.0. The molecule has 1 heterocycles. The first-order valence-corrected chi connectivity index (χ1v) is 4.53. The summed E-state index contributed by atoms with van der Waals surface area (Å²) in [5.41, 5.74) is 0. The lowest BCUT2D eigenvalue weighted by atomic mass is 9.97. The zero-order valence-corrected chi connectivity index (χ0v) is 8.39. The second-order valence-electron chi connectivity index (χ2n) is 2.73. The molecule has 1 fully saturated rings. The molecule has 0 aromatic heterocycles. The largest absolute Gasteiger partial charge is 0.373 e. The SMILES string of the molecule is CC.CNC1C(=O)COCC1C. The van der Waals surface area contributed by atoms with Crippen LogP contribution in [-0.2, 0) is 9.53 Å². The summed E-state index contributed by atoms with van der Waals surface area (Å²) in [7, 11) is 1.81. The first kappa shape index (κ1) is 11.6. The van der Waals surface area contributed by atoms with E-state index in [9.17, 15) is 4.79 Å². The molecule has 1 saturated heterocycles. The molecular weight excluding hydrogens is 154 g/mol. The van der Waals surface area contributed by atoms with Gasteiger partial charge in [-0.1, -0.05) is 20.8 Å². The number of likely N-dealkylation sites (N-methyl/N-ethyl adjacent to an activating group) is 1. The van der Waals surface area contributed by atoms with Crippen LogP contribution in [-0.4, -0.2) is 32.1 Å². The van der Waals surface area contributed by atoms with Crippen LogP contribution in [0.1, 0.15) is 20.8 Å². The number of ether oxygens (including phenoxy) is 1. The second kappa shape index (κ2) is 6.14. The van der Waals surface area contributed by atoms with Crippen LogP contribution in [0.25, 0.3) is 0 Å². The van der Waals surface area contributed by atoms with Gasteiger partial charge in [-0.25, -0.2) is 0 Å². The number of carbonyl (C=O) groups is 1. The molecular formula is C9H19NO2. The van der Waals surface area contributed by atoms with Gasteiger partial charge in [0.15, 0.2) is 5.78 Å². The number of carbonyl (C=O) groups excluding carboxylic acids is 1. The summed E-state index contributed by atoms with van der Waals surface area (Å²) in [6.45, 7) is 6.98. The van der Waals surface area contributed by atoms with Crippen LogP contribution in [0, 0.1) is 5.92 Å². The highest BCUT2D eigenvalue weighted by atomic mass is 16.5. The minimum Gasteiger partial charge on any atom is -0.373 e. The van der Waals surface area contributed by atoms with Gasteiger partial charge in [-0.3, -0.25) is 4.79 Å². The molecule has 0 aromatic rings. The van der Waals surface area contributed by atoms with Crippen LogP contribution in [0.3, 0.4) is 0 Å². The summed E-state index contributed by atoms with van der Waals surface area (Å²) in [6, 6.07) is 0.00810. The van der Waals surface area contributed by atoms with E-state index in [1.54, 1.807) is 0 Å². The molecule has 0 aromatic carbocycles. The van der Waals surface area contributed by atoms with Crippen molar-refractivity contribution in [3.8, 4) is 0 Å². The third kappa shape index (κ3) is 2.91. The lowest BCUT2D eigenvalue weighted by Crippen LogP contribution is -2.47. The quantitative estimate of drug-likeness (QED) is 0.638. The van der Waals surface area contributed by atoms with E-state index in [0.717, 1.165) is 0 Å². The standard InChI is InChI=1S/C7H13NO2.C2H6/c1-5-3-10-4-6(9)7(5)8-2;1-2/h5,7-8H,3-4H2,1-2H3;1-2H3. The maximum atomic E-state index is 11.0. The molecule has 1 N–H and O–H groups in total. The Kier molecular flexibility index (Phi) is 5.93. The Morgan fingerprint density at radius 2 is 2.08 bits per heavy atom. The number of ketones is 1. The van der Waals surface area contributed by atoms with Crippen LogP contribution < -0.4 is 5.32 Å². The Bertz CT molecular complexity index is 136. The van der Waals surface area contributed by atoms with Crippen LogP contribution in [0.5, 0.6) is 0 Å². The van der Waals surface area contributed by atoms with Crippen molar-refractivity contribution in [2.75, 3.05) is 20.3 Å². The molecule has 1 aliphatic rings. The Labute approximate surface area is 74.5 Å². The molecule has 0 radical (unpaired) electrons. The normalized spacial score (nSPS) is 29.2. The Hall–Kier alpha value is -0.410. The van der Waals surface area contributed by atoms with Gasteiger partial charge in [0, 0.05) is 5.92 Å². The number of hydrogen-bond donors (Lipinski definition) is 1. The summed E-state index contributed by atoms with van der Waals surface area (Å²) in [5, 5.41) is 2.97. The maximum Gasteiger partial charge on any atom is 0.175 e. The molecule has 12 heavy (non-hydrogen) atoms. The summed E-state index contributed by atoms with van der Waals surface area (Å²) in [6.07, 6.45) is 0. The van der Waals surface area contributed by atoms with Crippen molar-refractivity contribution in [3.63, 3.8) is 0 Å². The lowest BCUT2D eigenvalue weighted by molar-refractivity contribution is -0.132. The lowest BCUT2D eigenvalue weighted by Gasteiger charge is -2.26. The number of nitrogens with one attached hydrogen (secondary N) is 1. The third-order valence-electron chi connectivity index (χ3n) is 1.85. The summed E-state index contributed by atoms with van der Waals surface area (Å²) >= 11 is 0. The molecule has 1 aliphatic heterocycles. The van der Waals surface area contributed by atoms with Gasteiger partial charge in [-0.15, -0.1) is 0 Å². The van der Waals surface area contributed by atoms with Gasteiger partial charge < -0.3 is 10.1 Å². The molecule has 1 rings (SSSR count). The fraction of sp³-hybridized carbons (Fsp3) is 0.889. The fourth-order valence-electron chi connectivity index (χ4n) is 1.29. The van der Waals surface area contributed by atoms with E-state index in [1.165, 1.54) is 0 Å². The van der Waals surface area contributed by atoms with Gasteiger partial charge in [0.25, 0.3) is 0 Å². The zero-order valence-electron chi connectivity index (χ0n) is 8.39. The van der Waals surface area contributed by atoms with Gasteiger partial charge >= 0.3 is 0 Å². The van der Waals surface area contributed by atoms with Crippen molar-refractivity contribution in [3.05, 3.63) is 0 Å². The second-order valence-corrected chi connectivity index (χ2v) is 2.73. The summed E-state index contributed by atoms with van der Waals surface area (Å²) in [5.74, 6) is 0.479. The molecule has 0 bridgehead atoms. The molecule has 0 amide bonds. The molecule has 72 valence electrons.